The van der Waals surface area contributed by atoms with E-state index in [1.54, 1.807) is 6.26 Å². The molecule has 0 radical (unpaired) electrons. The molecule has 0 spiro atoms. The van der Waals surface area contributed by atoms with Gasteiger partial charge in [0, 0.05) is 22.9 Å². The summed E-state index contributed by atoms with van der Waals surface area (Å²) < 4.78 is 6.37. The zero-order valence-electron chi connectivity index (χ0n) is 14.2. The van der Waals surface area contributed by atoms with Crippen molar-refractivity contribution in [3.63, 3.8) is 0 Å². The fourth-order valence-electron chi connectivity index (χ4n) is 3.42. The first kappa shape index (κ1) is 17.1. The van der Waals surface area contributed by atoms with Crippen LogP contribution in [0.1, 0.15) is 27.6 Å². The van der Waals surface area contributed by atoms with Crippen LogP contribution in [0.25, 0.3) is 11.5 Å². The number of hydrogen-bond donors (Lipinski definition) is 0. The number of aromatic nitrogens is 1. The van der Waals surface area contributed by atoms with E-state index in [1.165, 1.54) is 23.0 Å². The summed E-state index contributed by atoms with van der Waals surface area (Å²) in [5, 5.41) is 0. The molecule has 1 atom stereocenters. The van der Waals surface area contributed by atoms with Gasteiger partial charge in [0.2, 0.25) is 11.8 Å². The first-order valence-corrected chi connectivity index (χ1v) is 9.47. The van der Waals surface area contributed by atoms with Crippen molar-refractivity contribution >= 4 is 28.8 Å². The maximum atomic E-state index is 12.3. The first-order valence-electron chi connectivity index (χ1n) is 8.27. The second kappa shape index (κ2) is 6.74. The minimum absolute atomic E-state index is 0.00908. The van der Waals surface area contributed by atoms with Gasteiger partial charge in [0.1, 0.15) is 6.26 Å². The summed E-state index contributed by atoms with van der Waals surface area (Å²) in [5.74, 6) is 0.526. The van der Waals surface area contributed by atoms with Gasteiger partial charge in [0.25, 0.3) is 0 Å². The van der Waals surface area contributed by atoms with Crippen LogP contribution in [0.2, 0.25) is 4.34 Å². The van der Waals surface area contributed by atoms with Crippen molar-refractivity contribution in [1.29, 1.82) is 0 Å². The van der Waals surface area contributed by atoms with Crippen LogP contribution < -0.4 is 0 Å². The van der Waals surface area contributed by atoms with Crippen LogP contribution in [0.3, 0.4) is 0 Å². The number of halogens is 1. The highest BCUT2D eigenvalue weighted by atomic mass is 35.5. The molecule has 0 N–H and O–H groups in total. The number of hydrogen-bond acceptors (Lipinski definition) is 4. The van der Waals surface area contributed by atoms with E-state index in [0.717, 1.165) is 26.0 Å². The monoisotopic (exact) mass is 384 g/mol. The van der Waals surface area contributed by atoms with Crippen LogP contribution in [0.5, 0.6) is 0 Å². The number of oxazole rings is 1. The highest BCUT2D eigenvalue weighted by molar-refractivity contribution is 7.16. The van der Waals surface area contributed by atoms with Crippen molar-refractivity contribution in [2.75, 3.05) is 6.54 Å². The quantitative estimate of drug-likeness (QED) is 0.595. The van der Waals surface area contributed by atoms with Crippen LogP contribution in [-0.2, 0) is 11.3 Å². The number of carbonyl (C=O) groups excluding carboxylic acids is 1. The third kappa shape index (κ3) is 2.97. The molecule has 0 unspecified atom stereocenters. The molecule has 0 aliphatic carbocycles. The standard InChI is InChI=1S/C20H17ClN2O2S/c1-3-19(24)23-9-16(15-8-18(21)26-17(15)10-23)13-6-4-5-7-14(13)20-22-12(2)11-25-20/h3-8,11,16H,1,9-10H2,2H3/t16-/m0/s1. The molecule has 132 valence electrons. The lowest BCUT2D eigenvalue weighted by Gasteiger charge is -2.33. The molecule has 2 aromatic heterocycles. The largest absolute Gasteiger partial charge is 0.444 e. The van der Waals surface area contributed by atoms with Crippen LogP contribution in [0.15, 0.2) is 53.7 Å². The molecule has 0 saturated heterocycles. The second-order valence-corrected chi connectivity index (χ2v) is 8.05. The molecule has 0 saturated carbocycles. The molecule has 0 fully saturated rings. The molecule has 1 aliphatic rings. The summed E-state index contributed by atoms with van der Waals surface area (Å²) in [7, 11) is 0. The Morgan fingerprint density at radius 3 is 2.96 bits per heavy atom. The van der Waals surface area contributed by atoms with Crippen molar-refractivity contribution < 1.29 is 9.21 Å². The number of thiophene rings is 1. The lowest BCUT2D eigenvalue weighted by atomic mass is 9.85. The number of nitrogens with zero attached hydrogens (tertiary/aromatic N) is 2. The second-order valence-electron chi connectivity index (χ2n) is 6.29. The summed E-state index contributed by atoms with van der Waals surface area (Å²) >= 11 is 7.81. The maximum Gasteiger partial charge on any atom is 0.246 e. The van der Waals surface area contributed by atoms with Crippen molar-refractivity contribution in [3.05, 3.63) is 75.3 Å². The third-order valence-electron chi connectivity index (χ3n) is 4.60. The number of carbonyl (C=O) groups is 1. The van der Waals surface area contributed by atoms with E-state index in [-0.39, 0.29) is 11.8 Å². The smallest absolute Gasteiger partial charge is 0.246 e. The van der Waals surface area contributed by atoms with Gasteiger partial charge in [-0.2, -0.15) is 0 Å². The van der Waals surface area contributed by atoms with Gasteiger partial charge in [0.15, 0.2) is 0 Å². The number of aryl methyl sites for hydroxylation is 1. The highest BCUT2D eigenvalue weighted by Gasteiger charge is 2.32. The van der Waals surface area contributed by atoms with Gasteiger partial charge in [-0.05, 0) is 36.3 Å². The van der Waals surface area contributed by atoms with Crippen molar-refractivity contribution in [2.45, 2.75) is 19.4 Å². The van der Waals surface area contributed by atoms with E-state index < -0.39 is 0 Å². The highest BCUT2D eigenvalue weighted by Crippen LogP contribution is 2.42. The molecule has 26 heavy (non-hydrogen) atoms. The van der Waals surface area contributed by atoms with E-state index in [4.69, 9.17) is 16.0 Å². The molecule has 3 heterocycles. The van der Waals surface area contributed by atoms with E-state index in [1.807, 2.05) is 36.1 Å². The summed E-state index contributed by atoms with van der Waals surface area (Å²) in [5.41, 5.74) is 4.02. The Kier molecular flexibility index (Phi) is 4.42. The average Bonchev–Trinajstić information content (AvgIpc) is 3.24. The van der Waals surface area contributed by atoms with Gasteiger partial charge < -0.3 is 9.32 Å². The van der Waals surface area contributed by atoms with Crippen LogP contribution in [-0.4, -0.2) is 22.3 Å². The van der Waals surface area contributed by atoms with Gasteiger partial charge >= 0.3 is 0 Å². The van der Waals surface area contributed by atoms with E-state index in [2.05, 4.69) is 17.6 Å². The fourth-order valence-corrected chi connectivity index (χ4v) is 4.78. The van der Waals surface area contributed by atoms with Gasteiger partial charge in [-0.3, -0.25) is 4.79 Å². The fraction of sp³-hybridized carbons (Fsp3) is 0.200. The molecule has 1 aliphatic heterocycles. The molecule has 4 rings (SSSR count). The molecule has 4 nitrogen and oxygen atoms in total. The topological polar surface area (TPSA) is 46.3 Å². The van der Waals surface area contributed by atoms with Gasteiger partial charge in [-0.15, -0.1) is 11.3 Å². The molecular formula is C20H17ClN2O2S. The predicted molar refractivity (Wildman–Crippen MR) is 103 cm³/mol. The molecule has 1 aromatic carbocycles. The zero-order valence-corrected chi connectivity index (χ0v) is 15.8. The number of benzene rings is 1. The number of rotatable bonds is 3. The molecule has 6 heteroatoms. The summed E-state index contributed by atoms with van der Waals surface area (Å²) in [6.45, 7) is 6.66. The minimum Gasteiger partial charge on any atom is -0.444 e. The zero-order chi connectivity index (χ0) is 18.3. The van der Waals surface area contributed by atoms with Crippen molar-refractivity contribution in [3.8, 4) is 11.5 Å². The maximum absolute atomic E-state index is 12.3. The Balaban J connectivity index is 1.84. The van der Waals surface area contributed by atoms with Crippen LogP contribution >= 0.6 is 22.9 Å². The Morgan fingerprint density at radius 2 is 2.23 bits per heavy atom. The molecular weight excluding hydrogens is 368 g/mol. The number of fused-ring (bicyclic) bond motifs is 1. The Labute approximate surface area is 160 Å². The van der Waals surface area contributed by atoms with Crippen molar-refractivity contribution in [2.24, 2.45) is 0 Å². The predicted octanol–water partition coefficient (Wildman–Crippen LogP) is 5.03. The van der Waals surface area contributed by atoms with Gasteiger partial charge in [-0.25, -0.2) is 4.98 Å². The lowest BCUT2D eigenvalue weighted by molar-refractivity contribution is -0.127. The normalized spacial score (nSPS) is 16.4. The van der Waals surface area contributed by atoms with E-state index in [0.29, 0.717) is 19.0 Å². The summed E-state index contributed by atoms with van der Waals surface area (Å²) in [6.07, 6.45) is 3.01. The SMILES string of the molecule is C=CC(=O)N1Cc2sc(Cl)cc2[C@H](c2ccccc2-c2nc(C)co2)C1. The Bertz CT molecular complexity index is 991. The average molecular weight is 385 g/mol. The summed E-state index contributed by atoms with van der Waals surface area (Å²) in [4.78, 5) is 19.7. The molecule has 1 amide bonds. The summed E-state index contributed by atoms with van der Waals surface area (Å²) in [6, 6.07) is 10.0. The van der Waals surface area contributed by atoms with Crippen LogP contribution in [0.4, 0.5) is 0 Å². The Morgan fingerprint density at radius 1 is 1.42 bits per heavy atom. The third-order valence-corrected chi connectivity index (χ3v) is 5.86. The molecule has 0 bridgehead atoms. The van der Waals surface area contributed by atoms with E-state index >= 15 is 0 Å². The number of amides is 1. The van der Waals surface area contributed by atoms with Gasteiger partial charge in [0.05, 0.1) is 16.6 Å². The lowest BCUT2D eigenvalue weighted by Crippen LogP contribution is -2.37. The Hall–Kier alpha value is -2.37. The van der Waals surface area contributed by atoms with Crippen LogP contribution in [0, 0.1) is 6.92 Å². The van der Waals surface area contributed by atoms with E-state index in [9.17, 15) is 4.79 Å². The molecule has 3 aromatic rings. The first-order chi connectivity index (χ1) is 12.6. The van der Waals surface area contributed by atoms with Crippen molar-refractivity contribution in [1.82, 2.24) is 9.88 Å². The van der Waals surface area contributed by atoms with Gasteiger partial charge in [-0.1, -0.05) is 36.4 Å². The minimum atomic E-state index is -0.0744.